The summed E-state index contributed by atoms with van der Waals surface area (Å²) in [7, 11) is -2.28. The molecule has 1 aliphatic carbocycles. The van der Waals surface area contributed by atoms with Gasteiger partial charge in [0.15, 0.2) is 0 Å². The van der Waals surface area contributed by atoms with Crippen molar-refractivity contribution in [3.63, 3.8) is 0 Å². The minimum atomic E-state index is -3.71. The molecule has 0 aliphatic heterocycles. The van der Waals surface area contributed by atoms with E-state index in [9.17, 15) is 8.42 Å². The van der Waals surface area contributed by atoms with Crippen LogP contribution >= 0.6 is 11.6 Å². The maximum Gasteiger partial charge on any atom is 0.244 e. The largest absolute Gasteiger partial charge is 0.495 e. The highest BCUT2D eigenvalue weighted by Crippen LogP contribution is 2.29. The topological polar surface area (TPSA) is 77.5 Å². The van der Waals surface area contributed by atoms with Crippen LogP contribution in [0, 0.1) is 0 Å². The Hall–Kier alpha value is -1.83. The zero-order valence-corrected chi connectivity index (χ0v) is 16.0. The van der Waals surface area contributed by atoms with Gasteiger partial charge in [0.25, 0.3) is 0 Å². The summed E-state index contributed by atoms with van der Waals surface area (Å²) in [5.74, 6) is 0.870. The number of nitrogens with one attached hydrogen (secondary N) is 1. The summed E-state index contributed by atoms with van der Waals surface area (Å²) in [5.41, 5.74) is 0. The van der Waals surface area contributed by atoms with Gasteiger partial charge in [-0.1, -0.05) is 17.7 Å². The number of sulfonamides is 1. The Balaban J connectivity index is 1.61. The van der Waals surface area contributed by atoms with Gasteiger partial charge in [-0.25, -0.2) is 18.1 Å². The summed E-state index contributed by atoms with van der Waals surface area (Å²) in [6.07, 6.45) is 4.64. The first-order valence-corrected chi connectivity index (χ1v) is 10.3. The van der Waals surface area contributed by atoms with Gasteiger partial charge < -0.3 is 9.47 Å². The van der Waals surface area contributed by atoms with Crippen LogP contribution in [0.1, 0.15) is 25.7 Å². The second kappa shape index (κ2) is 8.24. The number of halogens is 1. The first-order chi connectivity index (χ1) is 12.5. The maximum absolute atomic E-state index is 12.7. The molecular weight excluding hydrogens is 376 g/mol. The number of nitrogens with zero attached hydrogens (tertiary/aromatic N) is 1. The fourth-order valence-corrected chi connectivity index (χ4v) is 4.77. The van der Waals surface area contributed by atoms with E-state index in [1.807, 2.05) is 18.2 Å². The average molecular weight is 397 g/mol. The molecule has 0 amide bonds. The van der Waals surface area contributed by atoms with Gasteiger partial charge in [-0.3, -0.25) is 0 Å². The Labute approximate surface area is 158 Å². The molecule has 1 heterocycles. The molecule has 6 nitrogen and oxygen atoms in total. The molecule has 2 aromatic rings. The molecule has 140 valence electrons. The lowest BCUT2D eigenvalue weighted by atomic mass is 9.94. The zero-order chi connectivity index (χ0) is 18.6. The fourth-order valence-electron chi connectivity index (χ4n) is 3.03. The van der Waals surface area contributed by atoms with Gasteiger partial charge in [0.1, 0.15) is 16.7 Å². The molecule has 1 aliphatic rings. The summed E-state index contributed by atoms with van der Waals surface area (Å²) in [5, 5.41) is 0.346. The molecule has 3 rings (SSSR count). The van der Waals surface area contributed by atoms with Gasteiger partial charge in [0, 0.05) is 23.3 Å². The van der Waals surface area contributed by atoms with E-state index in [-0.39, 0.29) is 22.8 Å². The Morgan fingerprint density at radius 3 is 2.58 bits per heavy atom. The maximum atomic E-state index is 12.7. The van der Waals surface area contributed by atoms with E-state index in [0.717, 1.165) is 12.8 Å². The van der Waals surface area contributed by atoms with E-state index in [1.165, 1.54) is 13.2 Å². The minimum Gasteiger partial charge on any atom is -0.495 e. The number of rotatable bonds is 6. The summed E-state index contributed by atoms with van der Waals surface area (Å²) < 4.78 is 39.2. The van der Waals surface area contributed by atoms with Crippen LogP contribution in [0.3, 0.4) is 0 Å². The van der Waals surface area contributed by atoms with Gasteiger partial charge in [-0.05, 0) is 49.9 Å². The van der Waals surface area contributed by atoms with Gasteiger partial charge in [-0.15, -0.1) is 0 Å². The van der Waals surface area contributed by atoms with Crippen molar-refractivity contribution in [3.05, 3.63) is 47.6 Å². The van der Waals surface area contributed by atoms with Crippen LogP contribution in [0.25, 0.3) is 0 Å². The van der Waals surface area contributed by atoms with Crippen LogP contribution < -0.4 is 14.2 Å². The van der Waals surface area contributed by atoms with Crippen molar-refractivity contribution in [1.82, 2.24) is 9.71 Å². The summed E-state index contributed by atoms with van der Waals surface area (Å²) >= 11 is 5.95. The monoisotopic (exact) mass is 396 g/mol. The number of hydrogen-bond acceptors (Lipinski definition) is 5. The average Bonchev–Trinajstić information content (AvgIpc) is 2.64. The predicted molar refractivity (Wildman–Crippen MR) is 99.2 cm³/mol. The molecule has 26 heavy (non-hydrogen) atoms. The van der Waals surface area contributed by atoms with E-state index in [2.05, 4.69) is 9.71 Å². The Morgan fingerprint density at radius 2 is 1.92 bits per heavy atom. The fraction of sp³-hybridized carbons (Fsp3) is 0.389. The number of aromatic nitrogens is 1. The van der Waals surface area contributed by atoms with Crippen LogP contribution in [0.4, 0.5) is 0 Å². The molecular formula is C18H21ClN2O4S. The van der Waals surface area contributed by atoms with Gasteiger partial charge in [0.05, 0.1) is 7.11 Å². The third-order valence-corrected chi connectivity index (χ3v) is 6.11. The molecule has 0 unspecified atom stereocenters. The zero-order valence-electron chi connectivity index (χ0n) is 14.4. The highest BCUT2D eigenvalue weighted by Gasteiger charge is 2.28. The number of pyridine rings is 1. The van der Waals surface area contributed by atoms with Crippen LogP contribution in [0.2, 0.25) is 5.02 Å². The summed E-state index contributed by atoms with van der Waals surface area (Å²) in [4.78, 5) is 4.21. The Morgan fingerprint density at radius 1 is 1.15 bits per heavy atom. The van der Waals surface area contributed by atoms with E-state index in [1.54, 1.807) is 18.3 Å². The van der Waals surface area contributed by atoms with E-state index < -0.39 is 10.0 Å². The van der Waals surface area contributed by atoms with Crippen LogP contribution in [0.15, 0.2) is 47.5 Å². The number of hydrogen-bond donors (Lipinski definition) is 1. The third kappa shape index (κ3) is 4.66. The van der Waals surface area contributed by atoms with Crippen molar-refractivity contribution in [3.8, 4) is 11.6 Å². The molecule has 0 saturated heterocycles. The molecule has 1 aromatic carbocycles. The standard InChI is InChI=1S/C18H21ClN2O4S/c1-24-16-10-5-13(19)12-17(16)26(22,23)21-14-6-8-15(9-7-14)25-18-4-2-3-11-20-18/h2-5,10-12,14-15,21H,6-9H2,1H3. The van der Waals surface area contributed by atoms with Crippen LogP contribution in [0.5, 0.6) is 11.6 Å². The Bertz CT molecular complexity index is 838. The molecule has 1 fully saturated rings. The lowest BCUT2D eigenvalue weighted by molar-refractivity contribution is 0.138. The quantitative estimate of drug-likeness (QED) is 0.809. The van der Waals surface area contributed by atoms with Crippen molar-refractivity contribution < 1.29 is 17.9 Å². The van der Waals surface area contributed by atoms with Gasteiger partial charge >= 0.3 is 0 Å². The van der Waals surface area contributed by atoms with Crippen molar-refractivity contribution in [2.45, 2.75) is 42.7 Å². The third-order valence-electron chi connectivity index (χ3n) is 4.34. The smallest absolute Gasteiger partial charge is 0.244 e. The van der Waals surface area contributed by atoms with E-state index in [0.29, 0.717) is 23.7 Å². The molecule has 1 aromatic heterocycles. The predicted octanol–water partition coefficient (Wildman–Crippen LogP) is 3.41. The van der Waals surface area contributed by atoms with Crippen molar-refractivity contribution in [2.24, 2.45) is 0 Å². The molecule has 8 heteroatoms. The molecule has 1 N–H and O–H groups in total. The second-order valence-corrected chi connectivity index (χ2v) is 8.29. The highest BCUT2D eigenvalue weighted by atomic mass is 35.5. The van der Waals surface area contributed by atoms with Crippen molar-refractivity contribution in [2.75, 3.05) is 7.11 Å². The lowest BCUT2D eigenvalue weighted by Crippen LogP contribution is -2.39. The molecule has 0 radical (unpaired) electrons. The number of benzene rings is 1. The summed E-state index contributed by atoms with van der Waals surface area (Å²) in [6, 6.07) is 9.93. The lowest BCUT2D eigenvalue weighted by Gasteiger charge is -2.29. The normalized spacial score (nSPS) is 20.5. The number of methoxy groups -OCH3 is 1. The SMILES string of the molecule is COc1ccc(Cl)cc1S(=O)(=O)NC1CCC(Oc2ccccn2)CC1. The van der Waals surface area contributed by atoms with E-state index in [4.69, 9.17) is 21.1 Å². The molecule has 0 bridgehead atoms. The van der Waals surface area contributed by atoms with Crippen LogP contribution in [-0.2, 0) is 10.0 Å². The second-order valence-electron chi connectivity index (χ2n) is 6.18. The minimum absolute atomic E-state index is 0.0476. The first-order valence-electron chi connectivity index (χ1n) is 8.41. The summed E-state index contributed by atoms with van der Waals surface area (Å²) in [6.45, 7) is 0. The van der Waals surface area contributed by atoms with Gasteiger partial charge in [-0.2, -0.15) is 0 Å². The van der Waals surface area contributed by atoms with E-state index >= 15 is 0 Å². The highest BCUT2D eigenvalue weighted by molar-refractivity contribution is 7.89. The van der Waals surface area contributed by atoms with Crippen LogP contribution in [-0.4, -0.2) is 32.7 Å². The first kappa shape index (κ1) is 18.9. The molecule has 0 atom stereocenters. The van der Waals surface area contributed by atoms with Gasteiger partial charge in [0.2, 0.25) is 15.9 Å². The molecule has 1 saturated carbocycles. The molecule has 0 spiro atoms. The number of ether oxygens (including phenoxy) is 2. The van der Waals surface area contributed by atoms with Crippen molar-refractivity contribution >= 4 is 21.6 Å². The van der Waals surface area contributed by atoms with Crippen molar-refractivity contribution in [1.29, 1.82) is 0 Å². The Kier molecular flexibility index (Phi) is 6.01.